The van der Waals surface area contributed by atoms with Crippen LogP contribution in [0, 0.1) is 11.3 Å². The highest BCUT2D eigenvalue weighted by Crippen LogP contribution is 2.17. The zero-order valence-electron chi connectivity index (χ0n) is 9.48. The van der Waals surface area contributed by atoms with Gasteiger partial charge in [-0.1, -0.05) is 0 Å². The predicted molar refractivity (Wildman–Crippen MR) is 63.1 cm³/mol. The first-order valence-corrected chi connectivity index (χ1v) is 5.60. The van der Waals surface area contributed by atoms with Gasteiger partial charge in [0.25, 0.3) is 0 Å². The Balaban J connectivity index is 2.06. The topological polar surface area (TPSA) is 52.0 Å². The molecule has 1 saturated heterocycles. The number of nitrogens with zero attached hydrogens (tertiary/aromatic N) is 3. The third-order valence-electron chi connectivity index (χ3n) is 2.90. The van der Waals surface area contributed by atoms with Crippen LogP contribution >= 0.6 is 0 Å². The van der Waals surface area contributed by atoms with Gasteiger partial charge in [0.2, 0.25) is 0 Å². The highest BCUT2D eigenvalue weighted by Gasteiger charge is 2.17. The maximum absolute atomic E-state index is 8.94. The van der Waals surface area contributed by atoms with E-state index in [2.05, 4.69) is 28.3 Å². The molecule has 1 unspecified atom stereocenters. The molecule has 84 valence electrons. The molecular formula is C12H16N4. The predicted octanol–water partition coefficient (Wildman–Crippen LogP) is 1.46. The normalized spacial score (nSPS) is 21.4. The van der Waals surface area contributed by atoms with Gasteiger partial charge in [-0.15, -0.1) is 0 Å². The van der Waals surface area contributed by atoms with Crippen LogP contribution in [0.3, 0.4) is 0 Å². The highest BCUT2D eigenvalue weighted by molar-refractivity contribution is 5.53. The molecule has 0 aliphatic carbocycles. The van der Waals surface area contributed by atoms with E-state index in [1.54, 1.807) is 6.20 Å². The lowest BCUT2D eigenvalue weighted by molar-refractivity contribution is 0.261. The van der Waals surface area contributed by atoms with Gasteiger partial charge in [-0.25, -0.2) is 4.98 Å². The number of aromatic nitrogens is 1. The van der Waals surface area contributed by atoms with E-state index in [1.165, 1.54) is 6.42 Å². The molecule has 0 spiro atoms. The van der Waals surface area contributed by atoms with Gasteiger partial charge < -0.3 is 10.2 Å². The van der Waals surface area contributed by atoms with Crippen molar-refractivity contribution in [2.75, 3.05) is 25.5 Å². The van der Waals surface area contributed by atoms with Gasteiger partial charge in [0, 0.05) is 18.8 Å². The first-order chi connectivity index (χ1) is 7.79. The second kappa shape index (κ2) is 4.95. The van der Waals surface area contributed by atoms with Gasteiger partial charge in [0.1, 0.15) is 6.07 Å². The molecule has 0 bridgehead atoms. The second-order valence-corrected chi connectivity index (χ2v) is 4.26. The van der Waals surface area contributed by atoms with Crippen LogP contribution < -0.4 is 5.32 Å². The molecule has 2 rings (SSSR count). The largest absolute Gasteiger partial charge is 0.379 e. The fraction of sp³-hybridized carbons (Fsp3) is 0.500. The minimum Gasteiger partial charge on any atom is -0.379 e. The van der Waals surface area contributed by atoms with E-state index in [4.69, 9.17) is 5.26 Å². The second-order valence-electron chi connectivity index (χ2n) is 4.26. The molecule has 1 aromatic rings. The van der Waals surface area contributed by atoms with Crippen LogP contribution in [0.4, 0.5) is 5.69 Å². The molecule has 0 radical (unpaired) electrons. The lowest BCUT2D eigenvalue weighted by atomic mass is 10.1. The molecule has 1 N–H and O–H groups in total. The molecule has 1 aliphatic heterocycles. The lowest BCUT2D eigenvalue weighted by Crippen LogP contribution is -2.39. The van der Waals surface area contributed by atoms with Gasteiger partial charge in [0.05, 0.1) is 5.69 Å². The van der Waals surface area contributed by atoms with E-state index in [9.17, 15) is 0 Å². The Labute approximate surface area is 95.9 Å². The van der Waals surface area contributed by atoms with Crippen molar-refractivity contribution in [3.63, 3.8) is 0 Å². The summed E-state index contributed by atoms with van der Waals surface area (Å²) in [5.74, 6) is 0. The van der Waals surface area contributed by atoms with Crippen molar-refractivity contribution >= 4 is 5.69 Å². The Kier molecular flexibility index (Phi) is 3.37. The third kappa shape index (κ3) is 2.50. The quantitative estimate of drug-likeness (QED) is 0.813. The third-order valence-corrected chi connectivity index (χ3v) is 2.90. The average molecular weight is 216 g/mol. The molecular weight excluding hydrogens is 200 g/mol. The number of likely N-dealkylation sites (tertiary alicyclic amines) is 1. The fourth-order valence-electron chi connectivity index (χ4n) is 2.11. The molecule has 16 heavy (non-hydrogen) atoms. The van der Waals surface area contributed by atoms with E-state index in [0.29, 0.717) is 11.7 Å². The van der Waals surface area contributed by atoms with Gasteiger partial charge in [-0.2, -0.15) is 5.26 Å². The van der Waals surface area contributed by atoms with Crippen molar-refractivity contribution < 1.29 is 0 Å². The zero-order valence-corrected chi connectivity index (χ0v) is 9.48. The summed E-state index contributed by atoms with van der Waals surface area (Å²) in [7, 11) is 2.13. The summed E-state index contributed by atoms with van der Waals surface area (Å²) < 4.78 is 0. The minimum absolute atomic E-state index is 0.426. The van der Waals surface area contributed by atoms with Crippen molar-refractivity contribution in [1.29, 1.82) is 5.26 Å². The van der Waals surface area contributed by atoms with Gasteiger partial charge in [-0.3, -0.25) is 0 Å². The van der Waals surface area contributed by atoms with E-state index in [0.717, 1.165) is 25.2 Å². The Morgan fingerprint density at radius 3 is 3.25 bits per heavy atom. The van der Waals surface area contributed by atoms with Crippen molar-refractivity contribution in [1.82, 2.24) is 9.88 Å². The van der Waals surface area contributed by atoms with Crippen molar-refractivity contribution in [2.45, 2.75) is 18.9 Å². The van der Waals surface area contributed by atoms with E-state index in [-0.39, 0.29) is 0 Å². The lowest BCUT2D eigenvalue weighted by Gasteiger charge is -2.30. The molecule has 0 saturated carbocycles. The van der Waals surface area contributed by atoms with Crippen LogP contribution in [0.1, 0.15) is 18.5 Å². The van der Waals surface area contributed by atoms with Crippen LogP contribution in [-0.4, -0.2) is 36.1 Å². The molecule has 4 heteroatoms. The summed E-state index contributed by atoms with van der Waals surface area (Å²) in [6.45, 7) is 2.19. The first kappa shape index (κ1) is 10.9. The zero-order chi connectivity index (χ0) is 11.4. The molecule has 1 aromatic heterocycles. The van der Waals surface area contributed by atoms with Crippen LogP contribution in [0.15, 0.2) is 18.3 Å². The smallest absolute Gasteiger partial charge is 0.163 e. The van der Waals surface area contributed by atoms with Crippen LogP contribution in [0.25, 0.3) is 0 Å². The number of nitriles is 1. The number of anilines is 1. The summed E-state index contributed by atoms with van der Waals surface area (Å²) in [5, 5.41) is 12.3. The number of nitrogens with one attached hydrogen (secondary N) is 1. The summed E-state index contributed by atoms with van der Waals surface area (Å²) in [4.78, 5) is 6.35. The Morgan fingerprint density at radius 1 is 1.62 bits per heavy atom. The Morgan fingerprint density at radius 2 is 2.50 bits per heavy atom. The molecule has 4 nitrogen and oxygen atoms in total. The molecule has 1 atom stereocenters. The maximum Gasteiger partial charge on any atom is 0.163 e. The van der Waals surface area contributed by atoms with Crippen LogP contribution in [0.5, 0.6) is 0 Å². The number of piperidine rings is 1. The summed E-state index contributed by atoms with van der Waals surface area (Å²) >= 11 is 0. The average Bonchev–Trinajstić information content (AvgIpc) is 2.30. The SMILES string of the molecule is CN1CCCC(Nc2cccnc2C#N)C1. The molecule has 0 amide bonds. The van der Waals surface area contributed by atoms with Crippen LogP contribution in [-0.2, 0) is 0 Å². The van der Waals surface area contributed by atoms with E-state index in [1.807, 2.05) is 12.1 Å². The maximum atomic E-state index is 8.94. The number of rotatable bonds is 2. The van der Waals surface area contributed by atoms with E-state index < -0.39 is 0 Å². The van der Waals surface area contributed by atoms with E-state index >= 15 is 0 Å². The summed E-state index contributed by atoms with van der Waals surface area (Å²) in [6.07, 6.45) is 4.01. The molecule has 0 aromatic carbocycles. The van der Waals surface area contributed by atoms with Crippen LogP contribution in [0.2, 0.25) is 0 Å². The molecule has 2 heterocycles. The molecule has 1 fully saturated rings. The standard InChI is InChI=1S/C12H16N4/c1-16-7-3-4-10(9-16)15-11-5-2-6-14-12(11)8-13/h2,5-6,10,15H,3-4,7,9H2,1H3. The van der Waals surface area contributed by atoms with Gasteiger partial charge in [0.15, 0.2) is 5.69 Å². The summed E-state index contributed by atoms with van der Waals surface area (Å²) in [5.41, 5.74) is 1.33. The summed E-state index contributed by atoms with van der Waals surface area (Å²) in [6, 6.07) is 6.31. The number of hydrogen-bond donors (Lipinski definition) is 1. The van der Waals surface area contributed by atoms with Crippen molar-refractivity contribution in [2.24, 2.45) is 0 Å². The number of hydrogen-bond acceptors (Lipinski definition) is 4. The van der Waals surface area contributed by atoms with Crippen molar-refractivity contribution in [3.8, 4) is 6.07 Å². The first-order valence-electron chi connectivity index (χ1n) is 5.60. The fourth-order valence-corrected chi connectivity index (χ4v) is 2.11. The van der Waals surface area contributed by atoms with Gasteiger partial charge in [-0.05, 0) is 38.6 Å². The number of pyridine rings is 1. The van der Waals surface area contributed by atoms with Crippen molar-refractivity contribution in [3.05, 3.63) is 24.0 Å². The Hall–Kier alpha value is -1.60. The van der Waals surface area contributed by atoms with Gasteiger partial charge >= 0.3 is 0 Å². The molecule has 1 aliphatic rings. The highest BCUT2D eigenvalue weighted by atomic mass is 15.1. The number of likely N-dealkylation sites (N-methyl/N-ethyl adjacent to an activating group) is 1. The Bertz CT molecular complexity index is 396. The minimum atomic E-state index is 0.426. The monoisotopic (exact) mass is 216 g/mol.